The van der Waals surface area contributed by atoms with Gasteiger partial charge >= 0.3 is 5.97 Å². The lowest BCUT2D eigenvalue weighted by Crippen LogP contribution is -2.39. The molecule has 2 bridgehead atoms. The number of anilines is 1. The van der Waals surface area contributed by atoms with Crippen LogP contribution in [0.25, 0.3) is 0 Å². The van der Waals surface area contributed by atoms with Crippen molar-refractivity contribution in [2.45, 2.75) is 51.0 Å². The topological polar surface area (TPSA) is 92.8 Å². The van der Waals surface area contributed by atoms with Crippen molar-refractivity contribution in [2.24, 2.45) is 10.8 Å². The molecule has 0 spiro atoms. The number of nitrogens with zero attached hydrogens (tertiary/aromatic N) is 1. The molecule has 0 aromatic heterocycles. The first-order chi connectivity index (χ1) is 15.9. The highest BCUT2D eigenvalue weighted by atomic mass is 79.9. The average molecular weight is 549 g/mol. The number of carbonyl (C=O) groups is 2. The number of hydrogen-bond acceptors (Lipinski definition) is 5. The molecule has 2 aromatic carbocycles. The van der Waals surface area contributed by atoms with E-state index in [1.165, 1.54) is 24.3 Å². The van der Waals surface area contributed by atoms with Gasteiger partial charge in [0.05, 0.1) is 16.1 Å². The minimum absolute atomic E-state index is 0.0456. The Labute approximate surface area is 209 Å². The van der Waals surface area contributed by atoms with Gasteiger partial charge in [-0.3, -0.25) is 9.52 Å². The van der Waals surface area contributed by atoms with Gasteiger partial charge in [-0.05, 0) is 66.5 Å². The number of ether oxygens (including phenoxy) is 1. The van der Waals surface area contributed by atoms with Gasteiger partial charge < -0.3 is 9.64 Å². The molecule has 2 fully saturated rings. The summed E-state index contributed by atoms with van der Waals surface area (Å²) in [6, 6.07) is 12.5. The van der Waals surface area contributed by atoms with Gasteiger partial charge in [0.1, 0.15) is 0 Å². The molecule has 182 valence electrons. The van der Waals surface area contributed by atoms with Crippen LogP contribution < -0.4 is 4.72 Å². The zero-order valence-corrected chi connectivity index (χ0v) is 21.9. The molecule has 0 radical (unpaired) electrons. The molecule has 34 heavy (non-hydrogen) atoms. The fourth-order valence-corrected chi connectivity index (χ4v) is 6.95. The maximum absolute atomic E-state index is 12.9. The SMILES string of the molecule is CC1(C)C[C@@H]2C[C@@](C)(CN2C(=O)COC(=O)c2ccccc2NS(=O)(=O)c2ccc(Br)cc2)C1. The van der Waals surface area contributed by atoms with Gasteiger partial charge in [0, 0.05) is 17.1 Å². The van der Waals surface area contributed by atoms with E-state index in [9.17, 15) is 18.0 Å². The van der Waals surface area contributed by atoms with Gasteiger partial charge in [0.25, 0.3) is 15.9 Å². The lowest BCUT2D eigenvalue weighted by Gasteiger charge is -2.39. The highest BCUT2D eigenvalue weighted by molar-refractivity contribution is 9.10. The standard InChI is InChI=1S/C25H29BrN2O5S/c1-24(2)12-18-13-25(3,15-24)16-28(18)22(29)14-33-23(30)20-6-4-5-7-21(20)27-34(31,32)19-10-8-17(26)9-11-19/h4-11,18,27H,12-16H2,1-3H3/t18-,25-/m1/s1. The summed E-state index contributed by atoms with van der Waals surface area (Å²) in [6.45, 7) is 6.98. The predicted octanol–water partition coefficient (Wildman–Crippen LogP) is 4.83. The number of halogens is 1. The van der Waals surface area contributed by atoms with E-state index >= 15 is 0 Å². The Morgan fingerprint density at radius 3 is 2.47 bits per heavy atom. The van der Waals surface area contributed by atoms with Gasteiger partial charge in [0.15, 0.2) is 6.61 Å². The number of para-hydroxylation sites is 1. The van der Waals surface area contributed by atoms with Gasteiger partial charge in [-0.1, -0.05) is 48.8 Å². The van der Waals surface area contributed by atoms with Crippen LogP contribution in [0, 0.1) is 10.8 Å². The molecule has 2 aromatic rings. The van der Waals surface area contributed by atoms with Crippen LogP contribution in [0.1, 0.15) is 50.4 Å². The minimum Gasteiger partial charge on any atom is -0.452 e. The third-order valence-electron chi connectivity index (χ3n) is 6.58. The Morgan fingerprint density at radius 1 is 1.09 bits per heavy atom. The molecular formula is C25H29BrN2O5S. The van der Waals surface area contributed by atoms with Crippen LogP contribution in [-0.2, 0) is 19.6 Å². The molecule has 4 rings (SSSR count). The summed E-state index contributed by atoms with van der Waals surface area (Å²) in [5, 5.41) is 0. The Morgan fingerprint density at radius 2 is 1.76 bits per heavy atom. The van der Waals surface area contributed by atoms with Crippen LogP contribution in [-0.4, -0.2) is 44.4 Å². The minimum atomic E-state index is -3.91. The van der Waals surface area contributed by atoms with Crippen LogP contribution in [0.5, 0.6) is 0 Å². The Hall–Kier alpha value is -2.39. The van der Waals surface area contributed by atoms with Crippen molar-refractivity contribution in [1.29, 1.82) is 0 Å². The zero-order valence-electron chi connectivity index (χ0n) is 19.5. The summed E-state index contributed by atoms with van der Waals surface area (Å²) in [5.74, 6) is -0.969. The number of esters is 1. The van der Waals surface area contributed by atoms with Crippen LogP contribution in [0.4, 0.5) is 5.69 Å². The van der Waals surface area contributed by atoms with E-state index < -0.39 is 16.0 Å². The molecule has 1 heterocycles. The van der Waals surface area contributed by atoms with Gasteiger partial charge in [-0.15, -0.1) is 0 Å². The third-order valence-corrected chi connectivity index (χ3v) is 8.49. The van der Waals surface area contributed by atoms with Crippen LogP contribution >= 0.6 is 15.9 Å². The fourth-order valence-electron chi connectivity index (χ4n) is 5.61. The highest BCUT2D eigenvalue weighted by Gasteiger charge is 2.50. The van der Waals surface area contributed by atoms with Gasteiger partial charge in [0.2, 0.25) is 0 Å². The fraction of sp³-hybridized carbons (Fsp3) is 0.440. The normalized spacial score (nSPS) is 23.4. The van der Waals surface area contributed by atoms with Crippen molar-refractivity contribution in [3.8, 4) is 0 Å². The Kier molecular flexibility index (Phi) is 6.54. The maximum atomic E-state index is 12.9. The molecule has 0 unspecified atom stereocenters. The van der Waals surface area contributed by atoms with Gasteiger partial charge in [-0.25, -0.2) is 13.2 Å². The van der Waals surface area contributed by atoms with Crippen molar-refractivity contribution in [3.05, 3.63) is 58.6 Å². The molecular weight excluding hydrogens is 520 g/mol. The third kappa shape index (κ3) is 5.30. The van der Waals surface area contributed by atoms with Gasteiger partial charge in [-0.2, -0.15) is 0 Å². The lowest BCUT2D eigenvalue weighted by atomic mass is 9.65. The second-order valence-corrected chi connectivity index (χ2v) is 13.0. The predicted molar refractivity (Wildman–Crippen MR) is 133 cm³/mol. The number of likely N-dealkylation sites (tertiary alicyclic amines) is 1. The first-order valence-corrected chi connectivity index (χ1v) is 13.5. The number of hydrogen-bond donors (Lipinski definition) is 1. The highest BCUT2D eigenvalue weighted by Crippen LogP contribution is 2.52. The van der Waals surface area contributed by atoms with Crippen molar-refractivity contribution < 1.29 is 22.7 Å². The summed E-state index contributed by atoms with van der Waals surface area (Å²) >= 11 is 3.28. The molecule has 1 saturated carbocycles. The van der Waals surface area contributed by atoms with E-state index in [-0.39, 0.29) is 45.5 Å². The number of sulfonamides is 1. The van der Waals surface area contributed by atoms with Crippen LogP contribution in [0.2, 0.25) is 0 Å². The average Bonchev–Trinajstić information content (AvgIpc) is 3.01. The quantitative estimate of drug-likeness (QED) is 0.521. The molecule has 1 aliphatic heterocycles. The van der Waals surface area contributed by atoms with E-state index in [1.54, 1.807) is 24.3 Å². The van der Waals surface area contributed by atoms with Crippen molar-refractivity contribution in [3.63, 3.8) is 0 Å². The van der Waals surface area contributed by atoms with E-state index in [4.69, 9.17) is 4.74 Å². The molecule has 1 N–H and O–H groups in total. The molecule has 1 aliphatic carbocycles. The molecule has 1 amide bonds. The number of carbonyl (C=O) groups excluding carboxylic acids is 2. The lowest BCUT2D eigenvalue weighted by molar-refractivity contribution is -0.135. The first kappa shape index (κ1) is 24.7. The number of benzene rings is 2. The smallest absolute Gasteiger partial charge is 0.340 e. The summed E-state index contributed by atoms with van der Waals surface area (Å²) in [5.41, 5.74) is 0.400. The number of fused-ring (bicyclic) bond motifs is 2. The second-order valence-electron chi connectivity index (χ2n) is 10.4. The van der Waals surface area contributed by atoms with Crippen LogP contribution in [0.3, 0.4) is 0 Å². The first-order valence-electron chi connectivity index (χ1n) is 11.2. The molecule has 9 heteroatoms. The van der Waals surface area contributed by atoms with E-state index in [1.807, 2.05) is 4.90 Å². The Balaban J connectivity index is 1.44. The molecule has 1 saturated heterocycles. The Bertz CT molecular complexity index is 1210. The molecule has 2 aliphatic rings. The van der Waals surface area contributed by atoms with E-state index in [0.717, 1.165) is 23.7 Å². The zero-order chi connectivity index (χ0) is 24.7. The van der Waals surface area contributed by atoms with E-state index in [0.29, 0.717) is 6.54 Å². The molecule has 7 nitrogen and oxygen atoms in total. The summed E-state index contributed by atoms with van der Waals surface area (Å²) in [7, 11) is -3.91. The summed E-state index contributed by atoms with van der Waals surface area (Å²) in [6.07, 6.45) is 2.96. The number of amides is 1. The van der Waals surface area contributed by atoms with Crippen molar-refractivity contribution >= 4 is 43.5 Å². The summed E-state index contributed by atoms with van der Waals surface area (Å²) in [4.78, 5) is 27.7. The molecule has 2 atom stereocenters. The maximum Gasteiger partial charge on any atom is 0.340 e. The number of nitrogens with one attached hydrogen (secondary N) is 1. The summed E-state index contributed by atoms with van der Waals surface area (Å²) < 4.78 is 34.1. The van der Waals surface area contributed by atoms with Crippen molar-refractivity contribution in [2.75, 3.05) is 17.9 Å². The van der Waals surface area contributed by atoms with Crippen molar-refractivity contribution in [1.82, 2.24) is 4.90 Å². The monoisotopic (exact) mass is 548 g/mol. The second kappa shape index (κ2) is 9.00. The largest absolute Gasteiger partial charge is 0.452 e. The van der Waals surface area contributed by atoms with E-state index in [2.05, 4.69) is 41.4 Å². The number of rotatable bonds is 6. The van der Waals surface area contributed by atoms with Crippen LogP contribution in [0.15, 0.2) is 57.9 Å².